The number of piperidine rings is 1. The summed E-state index contributed by atoms with van der Waals surface area (Å²) in [5, 5.41) is 1.18. The monoisotopic (exact) mass is 287 g/mol. The Bertz CT molecular complexity index is 583. The first-order chi connectivity index (χ1) is 9.66. The minimum absolute atomic E-state index is 0.226. The zero-order valence-corrected chi connectivity index (χ0v) is 13.0. The number of amides is 1. The number of nitrogens with zero attached hydrogens (tertiary/aromatic N) is 1. The average molecular weight is 287 g/mol. The lowest BCUT2D eigenvalue weighted by atomic mass is 9.92. The van der Waals surface area contributed by atoms with Crippen LogP contribution >= 0.6 is 11.3 Å². The molecule has 2 heterocycles. The van der Waals surface area contributed by atoms with E-state index >= 15 is 0 Å². The molecule has 1 aromatic heterocycles. The van der Waals surface area contributed by atoms with E-state index in [1.165, 1.54) is 16.5 Å². The fraction of sp³-hybridized carbons (Fsp3) is 0.471. The van der Waals surface area contributed by atoms with Gasteiger partial charge in [0.25, 0.3) is 5.91 Å². The molecule has 106 valence electrons. The van der Waals surface area contributed by atoms with Gasteiger partial charge >= 0.3 is 0 Å². The average Bonchev–Trinajstić information content (AvgIpc) is 2.90. The number of hydrogen-bond donors (Lipinski definition) is 0. The van der Waals surface area contributed by atoms with Crippen molar-refractivity contribution in [2.75, 3.05) is 6.54 Å². The van der Waals surface area contributed by atoms with Crippen LogP contribution in [0.15, 0.2) is 30.3 Å². The zero-order valence-electron chi connectivity index (χ0n) is 12.1. The Kier molecular flexibility index (Phi) is 3.79. The van der Waals surface area contributed by atoms with E-state index in [1.54, 1.807) is 11.3 Å². The van der Waals surface area contributed by atoms with Crippen LogP contribution in [-0.2, 0) is 0 Å². The second-order valence-corrected chi connectivity index (χ2v) is 7.04. The number of carbonyl (C=O) groups excluding carboxylic acids is 1. The Balaban J connectivity index is 1.90. The molecule has 1 aromatic carbocycles. The van der Waals surface area contributed by atoms with Crippen molar-refractivity contribution >= 4 is 27.3 Å². The van der Waals surface area contributed by atoms with Crippen LogP contribution in [0.25, 0.3) is 10.1 Å². The summed E-state index contributed by atoms with van der Waals surface area (Å²) in [5.41, 5.74) is 0. The fourth-order valence-corrected chi connectivity index (χ4v) is 4.15. The molecule has 2 aromatic rings. The second kappa shape index (κ2) is 5.57. The third kappa shape index (κ3) is 2.47. The number of thiophene rings is 1. The molecule has 2 nitrogen and oxygen atoms in total. The van der Waals surface area contributed by atoms with E-state index in [1.807, 2.05) is 18.2 Å². The van der Waals surface area contributed by atoms with E-state index in [0.717, 1.165) is 24.3 Å². The highest BCUT2D eigenvalue weighted by atomic mass is 32.1. The number of benzene rings is 1. The largest absolute Gasteiger partial charge is 0.335 e. The molecular formula is C17H21NOS. The molecule has 1 fully saturated rings. The molecule has 0 radical (unpaired) electrons. The van der Waals surface area contributed by atoms with E-state index in [0.29, 0.717) is 12.0 Å². The van der Waals surface area contributed by atoms with Crippen LogP contribution in [0.5, 0.6) is 0 Å². The third-order valence-electron chi connectivity index (χ3n) is 4.22. The molecule has 1 unspecified atom stereocenters. The maximum Gasteiger partial charge on any atom is 0.264 e. The van der Waals surface area contributed by atoms with E-state index in [9.17, 15) is 4.79 Å². The van der Waals surface area contributed by atoms with Gasteiger partial charge in [-0.05, 0) is 42.7 Å². The predicted molar refractivity (Wildman–Crippen MR) is 85.3 cm³/mol. The molecule has 1 amide bonds. The van der Waals surface area contributed by atoms with E-state index in [2.05, 4.69) is 30.9 Å². The van der Waals surface area contributed by atoms with Gasteiger partial charge in [0, 0.05) is 17.3 Å². The van der Waals surface area contributed by atoms with Crippen molar-refractivity contribution in [1.82, 2.24) is 4.90 Å². The molecular weight excluding hydrogens is 266 g/mol. The van der Waals surface area contributed by atoms with E-state index in [4.69, 9.17) is 0 Å². The molecule has 3 rings (SSSR count). The first-order valence-electron chi connectivity index (χ1n) is 7.46. The summed E-state index contributed by atoms with van der Waals surface area (Å²) in [5.74, 6) is 0.762. The summed E-state index contributed by atoms with van der Waals surface area (Å²) >= 11 is 1.62. The van der Waals surface area contributed by atoms with Crippen LogP contribution in [0.3, 0.4) is 0 Å². The lowest BCUT2D eigenvalue weighted by Crippen LogP contribution is -2.46. The lowest BCUT2D eigenvalue weighted by molar-refractivity contribution is 0.0548. The highest BCUT2D eigenvalue weighted by Gasteiger charge is 2.30. The smallest absolute Gasteiger partial charge is 0.264 e. The maximum atomic E-state index is 12.8. The fourth-order valence-electron chi connectivity index (χ4n) is 3.13. The van der Waals surface area contributed by atoms with Crippen molar-refractivity contribution in [3.63, 3.8) is 0 Å². The normalized spacial score (nSPS) is 19.8. The molecule has 1 aliphatic heterocycles. The summed E-state index contributed by atoms with van der Waals surface area (Å²) in [6.45, 7) is 5.36. The van der Waals surface area contributed by atoms with Gasteiger partial charge in [-0.2, -0.15) is 0 Å². The van der Waals surface area contributed by atoms with Gasteiger partial charge < -0.3 is 4.90 Å². The first kappa shape index (κ1) is 13.6. The molecule has 0 N–H and O–H groups in total. The van der Waals surface area contributed by atoms with Crippen LogP contribution in [0.4, 0.5) is 0 Å². The highest BCUT2D eigenvalue weighted by molar-refractivity contribution is 7.20. The van der Waals surface area contributed by atoms with E-state index in [-0.39, 0.29) is 5.91 Å². The van der Waals surface area contributed by atoms with Gasteiger partial charge in [-0.3, -0.25) is 4.79 Å². The Morgan fingerprint density at radius 2 is 2.10 bits per heavy atom. The van der Waals surface area contributed by atoms with Crippen LogP contribution in [-0.4, -0.2) is 23.4 Å². The van der Waals surface area contributed by atoms with Crippen LogP contribution in [0.1, 0.15) is 42.8 Å². The molecule has 0 saturated carbocycles. The molecule has 0 bridgehead atoms. The van der Waals surface area contributed by atoms with Crippen molar-refractivity contribution < 1.29 is 4.79 Å². The molecule has 1 aliphatic rings. The summed E-state index contributed by atoms with van der Waals surface area (Å²) in [4.78, 5) is 15.8. The predicted octanol–water partition coefficient (Wildman–Crippen LogP) is 4.55. The van der Waals surface area contributed by atoms with Crippen molar-refractivity contribution in [3.8, 4) is 0 Å². The number of hydrogen-bond acceptors (Lipinski definition) is 2. The Morgan fingerprint density at radius 3 is 2.85 bits per heavy atom. The van der Waals surface area contributed by atoms with Gasteiger partial charge in [0.05, 0.1) is 4.88 Å². The second-order valence-electron chi connectivity index (χ2n) is 5.95. The number of likely N-dealkylation sites (tertiary alicyclic amines) is 1. The molecule has 3 heteroatoms. The summed E-state index contributed by atoms with van der Waals surface area (Å²) < 4.78 is 1.20. The lowest BCUT2D eigenvalue weighted by Gasteiger charge is -2.38. The van der Waals surface area contributed by atoms with Crippen LogP contribution in [0, 0.1) is 5.92 Å². The Morgan fingerprint density at radius 1 is 1.30 bits per heavy atom. The van der Waals surface area contributed by atoms with Crippen molar-refractivity contribution in [1.29, 1.82) is 0 Å². The topological polar surface area (TPSA) is 20.3 Å². The quantitative estimate of drug-likeness (QED) is 0.793. The summed E-state index contributed by atoms with van der Waals surface area (Å²) in [7, 11) is 0. The standard InChI is InChI=1S/C17H21NOS/c1-12(2)14-8-5-6-10-18(14)17(19)16-11-13-7-3-4-9-15(13)20-16/h3-4,7,9,11-12,14H,5-6,8,10H2,1-2H3. The minimum Gasteiger partial charge on any atom is -0.335 e. The Labute approximate surface area is 124 Å². The van der Waals surface area contributed by atoms with Gasteiger partial charge in [0.2, 0.25) is 0 Å². The van der Waals surface area contributed by atoms with Crippen molar-refractivity contribution in [3.05, 3.63) is 35.2 Å². The summed E-state index contributed by atoms with van der Waals surface area (Å²) in [6, 6.07) is 10.7. The maximum absolute atomic E-state index is 12.8. The number of carbonyl (C=O) groups is 1. The molecule has 1 atom stereocenters. The van der Waals surface area contributed by atoms with Gasteiger partial charge in [-0.15, -0.1) is 11.3 Å². The minimum atomic E-state index is 0.226. The number of rotatable bonds is 2. The van der Waals surface area contributed by atoms with Crippen molar-refractivity contribution in [2.45, 2.75) is 39.2 Å². The Hall–Kier alpha value is -1.35. The zero-order chi connectivity index (χ0) is 14.1. The highest BCUT2D eigenvalue weighted by Crippen LogP contribution is 2.30. The molecule has 20 heavy (non-hydrogen) atoms. The van der Waals surface area contributed by atoms with Gasteiger partial charge in [-0.1, -0.05) is 32.0 Å². The van der Waals surface area contributed by atoms with Crippen molar-refractivity contribution in [2.24, 2.45) is 5.92 Å². The van der Waals surface area contributed by atoms with E-state index < -0.39 is 0 Å². The van der Waals surface area contributed by atoms with Gasteiger partial charge in [0.1, 0.15) is 0 Å². The van der Waals surface area contributed by atoms with Gasteiger partial charge in [-0.25, -0.2) is 0 Å². The summed E-state index contributed by atoms with van der Waals surface area (Å²) in [6.07, 6.45) is 3.53. The van der Waals surface area contributed by atoms with Crippen LogP contribution < -0.4 is 0 Å². The van der Waals surface area contributed by atoms with Gasteiger partial charge in [0.15, 0.2) is 0 Å². The molecule has 0 spiro atoms. The molecule has 0 aliphatic carbocycles. The third-order valence-corrected chi connectivity index (χ3v) is 5.32. The molecule has 1 saturated heterocycles. The number of fused-ring (bicyclic) bond motifs is 1. The first-order valence-corrected chi connectivity index (χ1v) is 8.28. The SMILES string of the molecule is CC(C)C1CCCCN1C(=O)c1cc2ccccc2s1. The van der Waals surface area contributed by atoms with Crippen LogP contribution in [0.2, 0.25) is 0 Å².